The summed E-state index contributed by atoms with van der Waals surface area (Å²) in [5.41, 5.74) is 6.20. The highest BCUT2D eigenvalue weighted by Gasteiger charge is 2.30. The van der Waals surface area contributed by atoms with Crippen LogP contribution in [0.25, 0.3) is 11.1 Å². The van der Waals surface area contributed by atoms with E-state index in [4.69, 9.17) is 9.47 Å². The number of nitrogens with one attached hydrogen (secondary N) is 1. The molecule has 1 atom stereocenters. The first-order valence-electron chi connectivity index (χ1n) is 12.2. The van der Waals surface area contributed by atoms with Gasteiger partial charge in [-0.25, -0.2) is 9.59 Å². The zero-order chi connectivity index (χ0) is 25.8. The maximum absolute atomic E-state index is 12.7. The van der Waals surface area contributed by atoms with Crippen molar-refractivity contribution < 1.29 is 24.2 Å². The molecule has 37 heavy (non-hydrogen) atoms. The number of benzene rings is 3. The van der Waals surface area contributed by atoms with Gasteiger partial charge in [-0.2, -0.15) is 0 Å². The third-order valence-corrected chi connectivity index (χ3v) is 6.80. The van der Waals surface area contributed by atoms with Crippen molar-refractivity contribution in [1.29, 1.82) is 0 Å². The van der Waals surface area contributed by atoms with E-state index in [-0.39, 0.29) is 18.9 Å². The highest BCUT2D eigenvalue weighted by Crippen LogP contribution is 2.44. The van der Waals surface area contributed by atoms with Gasteiger partial charge >= 0.3 is 12.1 Å². The number of amides is 1. The SMILES string of the molecule is COc1ccccc1Cn1cccc1CC(NC(=O)OCC1c2ccccc2-c2ccccc21)C(=O)O. The molecule has 1 aliphatic rings. The van der Waals surface area contributed by atoms with Crippen molar-refractivity contribution in [3.05, 3.63) is 114 Å². The number of hydrogen-bond acceptors (Lipinski definition) is 4. The predicted molar refractivity (Wildman–Crippen MR) is 140 cm³/mol. The molecule has 2 N–H and O–H groups in total. The number of fused-ring (bicyclic) bond motifs is 3. The molecule has 188 valence electrons. The summed E-state index contributed by atoms with van der Waals surface area (Å²) in [6.07, 6.45) is 1.24. The van der Waals surface area contributed by atoms with E-state index >= 15 is 0 Å². The van der Waals surface area contributed by atoms with E-state index in [1.165, 1.54) is 0 Å². The second-order valence-corrected chi connectivity index (χ2v) is 9.00. The van der Waals surface area contributed by atoms with Gasteiger partial charge in [-0.3, -0.25) is 0 Å². The summed E-state index contributed by atoms with van der Waals surface area (Å²) in [6.45, 7) is 0.639. The Balaban J connectivity index is 1.25. The van der Waals surface area contributed by atoms with E-state index in [9.17, 15) is 14.7 Å². The molecule has 1 unspecified atom stereocenters. The summed E-state index contributed by atoms with van der Waals surface area (Å²) in [5, 5.41) is 12.4. The Bertz CT molecular complexity index is 1380. The van der Waals surface area contributed by atoms with Gasteiger partial charge in [0.15, 0.2) is 0 Å². The molecule has 0 saturated carbocycles. The lowest BCUT2D eigenvalue weighted by Gasteiger charge is -2.18. The molecule has 1 aliphatic carbocycles. The summed E-state index contributed by atoms with van der Waals surface area (Å²) in [5.74, 6) is -0.466. The number of aromatic nitrogens is 1. The molecular weight excluding hydrogens is 468 g/mol. The van der Waals surface area contributed by atoms with Crippen LogP contribution in [0.3, 0.4) is 0 Å². The fourth-order valence-electron chi connectivity index (χ4n) is 5.00. The van der Waals surface area contributed by atoms with Gasteiger partial charge in [0.25, 0.3) is 0 Å². The van der Waals surface area contributed by atoms with Gasteiger partial charge in [-0.1, -0.05) is 66.7 Å². The molecule has 1 aromatic heterocycles. The number of ether oxygens (including phenoxy) is 2. The molecule has 1 amide bonds. The zero-order valence-electron chi connectivity index (χ0n) is 20.5. The number of aliphatic carboxylic acids is 1. The van der Waals surface area contributed by atoms with Gasteiger partial charge in [0.05, 0.1) is 13.7 Å². The molecular formula is C30H28N2O5. The number of nitrogens with zero attached hydrogens (tertiary/aromatic N) is 1. The van der Waals surface area contributed by atoms with E-state index in [0.29, 0.717) is 6.54 Å². The number of methoxy groups -OCH3 is 1. The molecule has 0 spiro atoms. The number of para-hydroxylation sites is 1. The second-order valence-electron chi connectivity index (χ2n) is 9.00. The second kappa shape index (κ2) is 10.6. The lowest BCUT2D eigenvalue weighted by atomic mass is 9.98. The first-order chi connectivity index (χ1) is 18.0. The number of carbonyl (C=O) groups is 2. The van der Waals surface area contributed by atoms with Gasteiger partial charge in [0.1, 0.15) is 18.4 Å². The third-order valence-electron chi connectivity index (χ3n) is 6.80. The smallest absolute Gasteiger partial charge is 0.407 e. The van der Waals surface area contributed by atoms with Crippen molar-refractivity contribution in [3.63, 3.8) is 0 Å². The Labute approximate surface area is 215 Å². The molecule has 0 aliphatic heterocycles. The lowest BCUT2D eigenvalue weighted by Crippen LogP contribution is -2.43. The maximum Gasteiger partial charge on any atom is 0.407 e. The Morgan fingerprint density at radius 1 is 0.919 bits per heavy atom. The highest BCUT2D eigenvalue weighted by molar-refractivity contribution is 5.81. The van der Waals surface area contributed by atoms with Crippen LogP contribution in [0.4, 0.5) is 4.79 Å². The Morgan fingerprint density at radius 3 is 2.24 bits per heavy atom. The number of hydrogen-bond donors (Lipinski definition) is 2. The van der Waals surface area contributed by atoms with Crippen molar-refractivity contribution in [2.45, 2.75) is 24.9 Å². The van der Waals surface area contributed by atoms with Gasteiger partial charge in [0.2, 0.25) is 0 Å². The summed E-state index contributed by atoms with van der Waals surface area (Å²) < 4.78 is 12.9. The van der Waals surface area contributed by atoms with Crippen LogP contribution < -0.4 is 10.1 Å². The van der Waals surface area contributed by atoms with E-state index in [0.717, 1.165) is 39.3 Å². The van der Waals surface area contributed by atoms with Crippen LogP contribution in [0, 0.1) is 0 Å². The van der Waals surface area contributed by atoms with Crippen molar-refractivity contribution in [2.24, 2.45) is 0 Å². The van der Waals surface area contributed by atoms with Crippen molar-refractivity contribution >= 4 is 12.1 Å². The normalized spacial score (nSPS) is 12.9. The molecule has 0 radical (unpaired) electrons. The standard InChI is InChI=1S/C30H28N2O5/c1-36-28-15-7-2-9-20(28)18-32-16-8-10-21(32)17-27(29(33)34)31-30(35)37-19-26-24-13-5-3-11-22(24)23-12-4-6-14-25(23)26/h2-16,26-27H,17-19H2,1H3,(H,31,35)(H,33,34). The van der Waals surface area contributed by atoms with Crippen LogP contribution in [-0.2, 0) is 22.5 Å². The molecule has 7 nitrogen and oxygen atoms in total. The quantitative estimate of drug-likeness (QED) is 0.337. The topological polar surface area (TPSA) is 89.8 Å². The third kappa shape index (κ3) is 5.07. The van der Waals surface area contributed by atoms with Crippen molar-refractivity contribution in [1.82, 2.24) is 9.88 Å². The molecule has 0 bridgehead atoms. The average Bonchev–Trinajstić information content (AvgIpc) is 3.49. The number of carbonyl (C=O) groups excluding carboxylic acids is 1. The van der Waals surface area contributed by atoms with E-state index < -0.39 is 18.1 Å². The molecule has 1 heterocycles. The Kier molecular flexibility index (Phi) is 6.94. The molecule has 7 heteroatoms. The van der Waals surface area contributed by atoms with Crippen LogP contribution in [0.15, 0.2) is 91.1 Å². The van der Waals surface area contributed by atoms with E-state index in [1.807, 2.05) is 83.6 Å². The molecule has 0 saturated heterocycles. The van der Waals surface area contributed by atoms with Gasteiger partial charge < -0.3 is 24.5 Å². The molecule has 0 fully saturated rings. The minimum atomic E-state index is -1.14. The molecule has 5 rings (SSSR count). The summed E-state index contributed by atoms with van der Waals surface area (Å²) >= 11 is 0. The Morgan fingerprint density at radius 2 is 1.57 bits per heavy atom. The minimum Gasteiger partial charge on any atom is -0.496 e. The largest absolute Gasteiger partial charge is 0.496 e. The number of rotatable bonds is 9. The van der Waals surface area contributed by atoms with Crippen LogP contribution in [0.2, 0.25) is 0 Å². The predicted octanol–water partition coefficient (Wildman–Crippen LogP) is 5.08. The van der Waals surface area contributed by atoms with Crippen LogP contribution in [-0.4, -0.2) is 41.5 Å². The average molecular weight is 497 g/mol. The fraction of sp³-hybridized carbons (Fsp3) is 0.200. The minimum absolute atomic E-state index is 0.0977. The van der Waals surface area contributed by atoms with Crippen molar-refractivity contribution in [2.75, 3.05) is 13.7 Å². The summed E-state index contributed by atoms with van der Waals surface area (Å²) in [4.78, 5) is 24.7. The first-order valence-corrected chi connectivity index (χ1v) is 12.2. The lowest BCUT2D eigenvalue weighted by molar-refractivity contribution is -0.139. The highest BCUT2D eigenvalue weighted by atomic mass is 16.5. The van der Waals surface area contributed by atoms with Gasteiger partial charge in [-0.15, -0.1) is 0 Å². The number of carboxylic acid groups (broad SMARTS) is 1. The van der Waals surface area contributed by atoms with Crippen LogP contribution >= 0.6 is 0 Å². The number of alkyl carbamates (subject to hydrolysis) is 1. The van der Waals surface area contributed by atoms with Gasteiger partial charge in [0, 0.05) is 29.8 Å². The van der Waals surface area contributed by atoms with Gasteiger partial charge in [-0.05, 0) is 40.5 Å². The molecule has 4 aromatic rings. The summed E-state index contributed by atoms with van der Waals surface area (Å²) in [6, 6.07) is 26.4. The monoisotopic (exact) mass is 496 g/mol. The van der Waals surface area contributed by atoms with E-state index in [1.54, 1.807) is 7.11 Å². The zero-order valence-corrected chi connectivity index (χ0v) is 20.5. The van der Waals surface area contributed by atoms with E-state index in [2.05, 4.69) is 17.4 Å². The molecule has 3 aromatic carbocycles. The Hall–Kier alpha value is -4.52. The van der Waals surface area contributed by atoms with Crippen LogP contribution in [0.5, 0.6) is 5.75 Å². The first kappa shape index (κ1) is 24.2. The summed E-state index contributed by atoms with van der Waals surface area (Å²) in [7, 11) is 1.62. The van der Waals surface area contributed by atoms with Crippen molar-refractivity contribution in [3.8, 4) is 16.9 Å². The van der Waals surface area contributed by atoms with Crippen LogP contribution in [0.1, 0.15) is 28.3 Å². The number of carboxylic acids is 1. The maximum atomic E-state index is 12.7. The fourth-order valence-corrected chi connectivity index (χ4v) is 5.00.